The number of methoxy groups -OCH3 is 1. The molecule has 0 aliphatic carbocycles. The van der Waals surface area contributed by atoms with Gasteiger partial charge in [0.15, 0.2) is 11.6 Å². The lowest BCUT2D eigenvalue weighted by Crippen LogP contribution is -2.19. The standard InChI is InChI=1S/C12H15N5O/c1-17(7-9-3-5-14-6-4-9)12-10(18-2)11(13)15-8-16-12/h3-6,8H,7H2,1-2H3,(H2,13,15,16). The zero-order valence-electron chi connectivity index (χ0n) is 10.4. The zero-order chi connectivity index (χ0) is 13.0. The lowest BCUT2D eigenvalue weighted by atomic mass is 10.2. The monoisotopic (exact) mass is 245 g/mol. The third kappa shape index (κ3) is 2.48. The summed E-state index contributed by atoms with van der Waals surface area (Å²) in [6.07, 6.45) is 4.94. The summed E-state index contributed by atoms with van der Waals surface area (Å²) >= 11 is 0. The minimum Gasteiger partial charge on any atom is -0.490 e. The summed E-state index contributed by atoms with van der Waals surface area (Å²) in [5.41, 5.74) is 6.88. The van der Waals surface area contributed by atoms with Crippen LogP contribution in [0.2, 0.25) is 0 Å². The van der Waals surface area contributed by atoms with Crippen molar-refractivity contribution in [2.24, 2.45) is 0 Å². The molecule has 0 unspecified atom stereocenters. The van der Waals surface area contributed by atoms with E-state index in [2.05, 4.69) is 15.0 Å². The molecule has 0 aliphatic rings. The normalized spacial score (nSPS) is 10.1. The number of nitrogens with zero attached hydrogens (tertiary/aromatic N) is 4. The molecule has 0 aromatic carbocycles. The van der Waals surface area contributed by atoms with Crippen molar-refractivity contribution in [1.82, 2.24) is 15.0 Å². The first-order valence-corrected chi connectivity index (χ1v) is 5.47. The van der Waals surface area contributed by atoms with Crippen LogP contribution in [0, 0.1) is 0 Å². The van der Waals surface area contributed by atoms with E-state index in [-0.39, 0.29) is 0 Å². The van der Waals surface area contributed by atoms with Crippen LogP contribution in [-0.4, -0.2) is 29.1 Å². The molecule has 94 valence electrons. The van der Waals surface area contributed by atoms with Crippen molar-refractivity contribution in [1.29, 1.82) is 0 Å². The molecule has 0 saturated carbocycles. The highest BCUT2D eigenvalue weighted by Crippen LogP contribution is 2.29. The Kier molecular flexibility index (Phi) is 3.57. The van der Waals surface area contributed by atoms with Crippen LogP contribution in [0.4, 0.5) is 11.6 Å². The second-order valence-electron chi connectivity index (χ2n) is 3.83. The smallest absolute Gasteiger partial charge is 0.204 e. The summed E-state index contributed by atoms with van der Waals surface area (Å²) in [6.45, 7) is 0.690. The summed E-state index contributed by atoms with van der Waals surface area (Å²) in [5.74, 6) is 1.50. The van der Waals surface area contributed by atoms with E-state index in [0.717, 1.165) is 5.56 Å². The third-order valence-corrected chi connectivity index (χ3v) is 2.55. The van der Waals surface area contributed by atoms with Crippen molar-refractivity contribution >= 4 is 11.6 Å². The number of anilines is 2. The fourth-order valence-corrected chi connectivity index (χ4v) is 1.68. The number of pyridine rings is 1. The minimum absolute atomic E-state index is 0.337. The van der Waals surface area contributed by atoms with Crippen molar-refractivity contribution in [3.05, 3.63) is 36.4 Å². The number of hydrogen-bond donors (Lipinski definition) is 1. The molecule has 0 spiro atoms. The van der Waals surface area contributed by atoms with E-state index < -0.39 is 0 Å². The molecule has 2 heterocycles. The van der Waals surface area contributed by atoms with Crippen molar-refractivity contribution in [3.8, 4) is 5.75 Å². The van der Waals surface area contributed by atoms with Gasteiger partial charge < -0.3 is 15.4 Å². The van der Waals surface area contributed by atoms with E-state index in [4.69, 9.17) is 10.5 Å². The van der Waals surface area contributed by atoms with Gasteiger partial charge in [-0.1, -0.05) is 0 Å². The maximum absolute atomic E-state index is 5.75. The van der Waals surface area contributed by atoms with Gasteiger partial charge in [0.2, 0.25) is 5.75 Å². The van der Waals surface area contributed by atoms with Crippen molar-refractivity contribution in [2.75, 3.05) is 24.8 Å². The SMILES string of the molecule is COc1c(N)ncnc1N(C)Cc1ccncc1. The largest absolute Gasteiger partial charge is 0.490 e. The molecule has 2 aromatic heterocycles. The highest BCUT2D eigenvalue weighted by atomic mass is 16.5. The Morgan fingerprint density at radius 3 is 2.67 bits per heavy atom. The molecule has 0 saturated heterocycles. The summed E-state index contributed by atoms with van der Waals surface area (Å²) < 4.78 is 5.23. The minimum atomic E-state index is 0.337. The van der Waals surface area contributed by atoms with E-state index in [1.807, 2.05) is 24.1 Å². The molecule has 6 nitrogen and oxygen atoms in total. The lowest BCUT2D eigenvalue weighted by molar-refractivity contribution is 0.413. The quantitative estimate of drug-likeness (QED) is 0.869. The van der Waals surface area contributed by atoms with E-state index in [9.17, 15) is 0 Å². The Balaban J connectivity index is 2.24. The Bertz CT molecular complexity index is 517. The number of nitrogen functional groups attached to an aromatic ring is 1. The van der Waals surface area contributed by atoms with Crippen LogP contribution in [0.25, 0.3) is 0 Å². The first kappa shape index (κ1) is 12.1. The zero-order valence-corrected chi connectivity index (χ0v) is 10.4. The van der Waals surface area contributed by atoms with Gasteiger partial charge in [0, 0.05) is 26.0 Å². The number of hydrogen-bond acceptors (Lipinski definition) is 6. The lowest BCUT2D eigenvalue weighted by Gasteiger charge is -2.20. The molecule has 2 N–H and O–H groups in total. The fraction of sp³-hybridized carbons (Fsp3) is 0.250. The molecule has 0 aliphatic heterocycles. The van der Waals surface area contributed by atoms with Crippen molar-refractivity contribution in [2.45, 2.75) is 6.54 Å². The molecule has 0 bridgehead atoms. The molecule has 2 aromatic rings. The summed E-state index contributed by atoms with van der Waals surface area (Å²) in [4.78, 5) is 14.0. The van der Waals surface area contributed by atoms with E-state index in [1.54, 1.807) is 19.5 Å². The van der Waals surface area contributed by atoms with Crippen LogP contribution < -0.4 is 15.4 Å². The van der Waals surface area contributed by atoms with E-state index >= 15 is 0 Å². The highest BCUT2D eigenvalue weighted by Gasteiger charge is 2.13. The maximum Gasteiger partial charge on any atom is 0.204 e. The molecular weight excluding hydrogens is 230 g/mol. The topological polar surface area (TPSA) is 77.2 Å². The molecular formula is C12H15N5O. The Hall–Kier alpha value is -2.37. The van der Waals surface area contributed by atoms with Crippen LogP contribution >= 0.6 is 0 Å². The Morgan fingerprint density at radius 2 is 2.00 bits per heavy atom. The second kappa shape index (κ2) is 5.31. The van der Waals surface area contributed by atoms with Crippen LogP contribution in [0.1, 0.15) is 5.56 Å². The van der Waals surface area contributed by atoms with Gasteiger partial charge in [0.1, 0.15) is 6.33 Å². The van der Waals surface area contributed by atoms with Gasteiger partial charge in [-0.15, -0.1) is 0 Å². The Morgan fingerprint density at radius 1 is 1.28 bits per heavy atom. The summed E-state index contributed by atoms with van der Waals surface area (Å²) in [6, 6.07) is 3.90. The number of nitrogens with two attached hydrogens (primary N) is 1. The van der Waals surface area contributed by atoms with Gasteiger partial charge in [-0.3, -0.25) is 4.98 Å². The van der Waals surface area contributed by atoms with Crippen LogP contribution in [0.5, 0.6) is 5.75 Å². The first-order chi connectivity index (χ1) is 8.72. The van der Waals surface area contributed by atoms with E-state index in [1.165, 1.54) is 6.33 Å². The van der Waals surface area contributed by atoms with Crippen molar-refractivity contribution < 1.29 is 4.74 Å². The molecule has 6 heteroatoms. The first-order valence-electron chi connectivity index (χ1n) is 5.47. The molecule has 0 radical (unpaired) electrons. The third-order valence-electron chi connectivity index (χ3n) is 2.55. The van der Waals surface area contributed by atoms with Crippen LogP contribution in [0.15, 0.2) is 30.9 Å². The maximum atomic E-state index is 5.75. The average molecular weight is 245 g/mol. The molecule has 2 rings (SSSR count). The summed E-state index contributed by atoms with van der Waals surface area (Å²) in [5, 5.41) is 0. The van der Waals surface area contributed by atoms with Gasteiger partial charge in [0.05, 0.1) is 7.11 Å². The van der Waals surface area contributed by atoms with Crippen molar-refractivity contribution in [3.63, 3.8) is 0 Å². The van der Waals surface area contributed by atoms with Gasteiger partial charge >= 0.3 is 0 Å². The predicted molar refractivity (Wildman–Crippen MR) is 69.3 cm³/mol. The van der Waals surface area contributed by atoms with Crippen LogP contribution in [0.3, 0.4) is 0 Å². The highest BCUT2D eigenvalue weighted by molar-refractivity contribution is 5.62. The van der Waals surface area contributed by atoms with Gasteiger partial charge in [0.25, 0.3) is 0 Å². The second-order valence-corrected chi connectivity index (χ2v) is 3.83. The molecule has 18 heavy (non-hydrogen) atoms. The average Bonchev–Trinajstić information content (AvgIpc) is 2.39. The number of ether oxygens (including phenoxy) is 1. The van der Waals surface area contributed by atoms with E-state index in [0.29, 0.717) is 23.9 Å². The fourth-order valence-electron chi connectivity index (χ4n) is 1.68. The molecule has 0 amide bonds. The van der Waals surface area contributed by atoms with Gasteiger partial charge in [-0.05, 0) is 17.7 Å². The number of aromatic nitrogens is 3. The predicted octanol–water partition coefficient (Wildman–Crippen LogP) is 1.10. The molecule has 0 atom stereocenters. The summed E-state index contributed by atoms with van der Waals surface area (Å²) in [7, 11) is 3.48. The van der Waals surface area contributed by atoms with Crippen LogP contribution in [-0.2, 0) is 6.54 Å². The van der Waals surface area contributed by atoms with Gasteiger partial charge in [-0.2, -0.15) is 0 Å². The molecule has 0 fully saturated rings. The van der Waals surface area contributed by atoms with Gasteiger partial charge in [-0.25, -0.2) is 9.97 Å². The Labute approximate surface area is 105 Å². The number of rotatable bonds is 4.